The highest BCUT2D eigenvalue weighted by Gasteiger charge is 2.30. The molecule has 2 heterocycles. The van der Waals surface area contributed by atoms with Crippen LogP contribution in [0, 0.1) is 0 Å². The number of hydrogen-bond donors (Lipinski definition) is 2. The van der Waals surface area contributed by atoms with Crippen molar-refractivity contribution in [3.8, 4) is 0 Å². The summed E-state index contributed by atoms with van der Waals surface area (Å²) in [6, 6.07) is 0.423. The van der Waals surface area contributed by atoms with Crippen molar-refractivity contribution in [2.45, 2.75) is 31.3 Å². The number of carbonyl (C=O) groups excluding carboxylic acids is 1. The first-order valence-corrected chi connectivity index (χ1v) is 6.58. The first-order chi connectivity index (χ1) is 8.31. The van der Waals surface area contributed by atoms with Gasteiger partial charge in [0.25, 0.3) is 0 Å². The maximum absolute atomic E-state index is 11.8. The Morgan fingerprint density at radius 1 is 1.53 bits per heavy atom. The fourth-order valence-corrected chi connectivity index (χ4v) is 2.63. The van der Waals surface area contributed by atoms with Gasteiger partial charge in [0.05, 0.1) is 13.2 Å². The van der Waals surface area contributed by atoms with Gasteiger partial charge < -0.3 is 15.4 Å². The summed E-state index contributed by atoms with van der Waals surface area (Å²) in [5, 5.41) is 6.25. The zero-order chi connectivity index (χ0) is 12.1. The predicted octanol–water partition coefficient (Wildman–Crippen LogP) is -0.425. The molecule has 2 rings (SSSR count). The van der Waals surface area contributed by atoms with E-state index in [0.717, 1.165) is 26.2 Å². The SMILES string of the molecule is CNC(=O)C1COCCN1CC1CCCCN1. The molecule has 0 spiro atoms. The Bertz CT molecular complexity index is 254. The van der Waals surface area contributed by atoms with Crippen molar-refractivity contribution in [3.05, 3.63) is 0 Å². The molecule has 0 aromatic carbocycles. The molecular weight excluding hydrogens is 218 g/mol. The lowest BCUT2D eigenvalue weighted by atomic mass is 10.0. The summed E-state index contributed by atoms with van der Waals surface area (Å²) < 4.78 is 5.40. The molecule has 17 heavy (non-hydrogen) atoms. The monoisotopic (exact) mass is 241 g/mol. The number of rotatable bonds is 3. The molecule has 2 fully saturated rings. The Balaban J connectivity index is 1.88. The van der Waals surface area contributed by atoms with Crippen molar-refractivity contribution in [2.24, 2.45) is 0 Å². The van der Waals surface area contributed by atoms with Crippen LogP contribution in [0.2, 0.25) is 0 Å². The number of piperidine rings is 1. The third-order valence-electron chi connectivity index (χ3n) is 3.66. The van der Waals surface area contributed by atoms with E-state index in [0.29, 0.717) is 12.6 Å². The highest BCUT2D eigenvalue weighted by molar-refractivity contribution is 5.81. The summed E-state index contributed by atoms with van der Waals surface area (Å²) in [6.45, 7) is 4.18. The first kappa shape index (κ1) is 12.8. The molecule has 0 aromatic heterocycles. The highest BCUT2D eigenvalue weighted by atomic mass is 16.5. The number of amides is 1. The minimum Gasteiger partial charge on any atom is -0.378 e. The molecule has 2 N–H and O–H groups in total. The summed E-state index contributed by atoms with van der Waals surface area (Å²) in [5.74, 6) is 0.0699. The molecule has 0 radical (unpaired) electrons. The Kier molecular flexibility index (Phi) is 4.76. The quantitative estimate of drug-likeness (QED) is 0.704. The molecule has 2 atom stereocenters. The van der Waals surface area contributed by atoms with E-state index in [2.05, 4.69) is 15.5 Å². The molecular formula is C12H23N3O2. The van der Waals surface area contributed by atoms with Crippen molar-refractivity contribution < 1.29 is 9.53 Å². The van der Waals surface area contributed by atoms with Crippen molar-refractivity contribution in [2.75, 3.05) is 39.9 Å². The molecule has 2 aliphatic heterocycles. The van der Waals surface area contributed by atoms with E-state index in [1.165, 1.54) is 19.3 Å². The Morgan fingerprint density at radius 3 is 3.12 bits per heavy atom. The molecule has 5 nitrogen and oxygen atoms in total. The number of nitrogens with zero attached hydrogens (tertiary/aromatic N) is 1. The van der Waals surface area contributed by atoms with Crippen LogP contribution in [0.4, 0.5) is 0 Å². The number of ether oxygens (including phenoxy) is 1. The van der Waals surface area contributed by atoms with E-state index in [-0.39, 0.29) is 11.9 Å². The smallest absolute Gasteiger partial charge is 0.239 e. The van der Waals surface area contributed by atoms with Gasteiger partial charge in [-0.15, -0.1) is 0 Å². The van der Waals surface area contributed by atoms with E-state index >= 15 is 0 Å². The van der Waals surface area contributed by atoms with Crippen LogP contribution in [0.5, 0.6) is 0 Å². The topological polar surface area (TPSA) is 53.6 Å². The molecule has 0 aromatic rings. The van der Waals surface area contributed by atoms with E-state index in [4.69, 9.17) is 4.74 Å². The van der Waals surface area contributed by atoms with Crippen molar-refractivity contribution >= 4 is 5.91 Å². The van der Waals surface area contributed by atoms with Crippen LogP contribution in [0.15, 0.2) is 0 Å². The summed E-state index contributed by atoms with van der Waals surface area (Å²) in [6.07, 6.45) is 3.79. The van der Waals surface area contributed by atoms with Gasteiger partial charge in [-0.2, -0.15) is 0 Å². The zero-order valence-corrected chi connectivity index (χ0v) is 10.6. The fourth-order valence-electron chi connectivity index (χ4n) is 2.63. The van der Waals surface area contributed by atoms with Gasteiger partial charge in [0.1, 0.15) is 6.04 Å². The first-order valence-electron chi connectivity index (χ1n) is 6.58. The molecule has 0 saturated carbocycles. The maximum atomic E-state index is 11.8. The van der Waals surface area contributed by atoms with Gasteiger partial charge >= 0.3 is 0 Å². The van der Waals surface area contributed by atoms with E-state index in [9.17, 15) is 4.79 Å². The second-order valence-electron chi connectivity index (χ2n) is 4.85. The maximum Gasteiger partial charge on any atom is 0.239 e. The Hall–Kier alpha value is -0.650. The number of carbonyl (C=O) groups is 1. The van der Waals surface area contributed by atoms with Crippen LogP contribution in [0.25, 0.3) is 0 Å². The molecule has 1 amide bonds. The number of nitrogens with one attached hydrogen (secondary N) is 2. The fraction of sp³-hybridized carbons (Fsp3) is 0.917. The average molecular weight is 241 g/mol. The van der Waals surface area contributed by atoms with Crippen LogP contribution in [-0.2, 0) is 9.53 Å². The third-order valence-corrected chi connectivity index (χ3v) is 3.66. The summed E-state index contributed by atoms with van der Waals surface area (Å²) in [5.41, 5.74) is 0. The minimum atomic E-state index is -0.113. The van der Waals surface area contributed by atoms with Crippen LogP contribution in [0.1, 0.15) is 19.3 Å². The largest absolute Gasteiger partial charge is 0.378 e. The van der Waals surface area contributed by atoms with Gasteiger partial charge in [-0.3, -0.25) is 9.69 Å². The Labute approximate surface area is 103 Å². The van der Waals surface area contributed by atoms with Gasteiger partial charge in [0.2, 0.25) is 5.91 Å². The molecule has 0 bridgehead atoms. The number of hydrogen-bond acceptors (Lipinski definition) is 4. The lowest BCUT2D eigenvalue weighted by Gasteiger charge is -2.37. The van der Waals surface area contributed by atoms with E-state index < -0.39 is 0 Å². The lowest BCUT2D eigenvalue weighted by molar-refractivity contribution is -0.132. The normalized spacial score (nSPS) is 31.1. The van der Waals surface area contributed by atoms with Crippen LogP contribution in [0.3, 0.4) is 0 Å². The van der Waals surface area contributed by atoms with Crippen LogP contribution >= 0.6 is 0 Å². The number of morpholine rings is 1. The van der Waals surface area contributed by atoms with E-state index in [1.807, 2.05) is 0 Å². The van der Waals surface area contributed by atoms with Gasteiger partial charge in [0.15, 0.2) is 0 Å². The molecule has 2 saturated heterocycles. The molecule has 2 unspecified atom stereocenters. The van der Waals surface area contributed by atoms with Gasteiger partial charge in [-0.05, 0) is 19.4 Å². The average Bonchev–Trinajstić information content (AvgIpc) is 2.40. The van der Waals surface area contributed by atoms with Crippen molar-refractivity contribution in [1.29, 1.82) is 0 Å². The van der Waals surface area contributed by atoms with Gasteiger partial charge in [0, 0.05) is 26.2 Å². The standard InChI is InChI=1S/C12H23N3O2/c1-13-12(16)11-9-17-7-6-15(11)8-10-4-2-3-5-14-10/h10-11,14H,2-9H2,1H3,(H,13,16). The minimum absolute atomic E-state index is 0.0699. The van der Waals surface area contributed by atoms with Crippen LogP contribution in [-0.4, -0.2) is 62.8 Å². The van der Waals surface area contributed by atoms with Gasteiger partial charge in [-0.1, -0.05) is 6.42 Å². The summed E-state index contributed by atoms with van der Waals surface area (Å²) in [4.78, 5) is 14.0. The van der Waals surface area contributed by atoms with Gasteiger partial charge in [-0.25, -0.2) is 0 Å². The van der Waals surface area contributed by atoms with Crippen molar-refractivity contribution in [3.63, 3.8) is 0 Å². The van der Waals surface area contributed by atoms with E-state index in [1.54, 1.807) is 7.05 Å². The molecule has 0 aliphatic carbocycles. The molecule has 98 valence electrons. The Morgan fingerprint density at radius 2 is 2.41 bits per heavy atom. The zero-order valence-electron chi connectivity index (χ0n) is 10.6. The second kappa shape index (κ2) is 6.33. The highest BCUT2D eigenvalue weighted by Crippen LogP contribution is 2.13. The predicted molar refractivity (Wildman–Crippen MR) is 65.9 cm³/mol. The lowest BCUT2D eigenvalue weighted by Crippen LogP contribution is -2.56. The second-order valence-corrected chi connectivity index (χ2v) is 4.85. The molecule has 2 aliphatic rings. The third kappa shape index (κ3) is 3.40. The van der Waals surface area contributed by atoms with Crippen LogP contribution < -0.4 is 10.6 Å². The summed E-state index contributed by atoms with van der Waals surface area (Å²) in [7, 11) is 1.69. The van der Waals surface area contributed by atoms with Crippen molar-refractivity contribution in [1.82, 2.24) is 15.5 Å². The molecule has 5 heteroatoms. The number of likely N-dealkylation sites (N-methyl/N-ethyl adjacent to an activating group) is 1. The summed E-state index contributed by atoms with van der Waals surface area (Å²) >= 11 is 0.